The van der Waals surface area contributed by atoms with Gasteiger partial charge in [0.05, 0.1) is 7.11 Å². The summed E-state index contributed by atoms with van der Waals surface area (Å²) in [6.45, 7) is 2.69. The Kier molecular flexibility index (Phi) is 5.90. The third kappa shape index (κ3) is 4.96. The highest BCUT2D eigenvalue weighted by atomic mass is 16.5. The Hall–Kier alpha value is -1.71. The number of urea groups is 1. The summed E-state index contributed by atoms with van der Waals surface area (Å²) in [7, 11) is 1.68. The van der Waals surface area contributed by atoms with Crippen LogP contribution in [0.25, 0.3) is 0 Å². The molecule has 0 radical (unpaired) electrons. The third-order valence-electron chi connectivity index (χ3n) is 4.10. The zero-order valence-corrected chi connectivity index (χ0v) is 13.1. The fourth-order valence-corrected chi connectivity index (χ4v) is 2.90. The molecule has 21 heavy (non-hydrogen) atoms. The lowest BCUT2D eigenvalue weighted by Crippen LogP contribution is -2.43. The highest BCUT2D eigenvalue weighted by Crippen LogP contribution is 2.19. The number of rotatable bonds is 5. The van der Waals surface area contributed by atoms with Crippen LogP contribution in [0.5, 0.6) is 5.75 Å². The SMILES string of the molecule is COc1ccc(CCNC(=O)NC2CCCCC2)cc1C. The maximum Gasteiger partial charge on any atom is 0.315 e. The number of carbonyl (C=O) groups is 1. The molecule has 0 bridgehead atoms. The van der Waals surface area contributed by atoms with E-state index in [9.17, 15) is 4.79 Å². The van der Waals surface area contributed by atoms with E-state index in [2.05, 4.69) is 16.7 Å². The van der Waals surface area contributed by atoms with Crippen molar-refractivity contribution < 1.29 is 9.53 Å². The molecular formula is C17H26N2O2. The van der Waals surface area contributed by atoms with Gasteiger partial charge >= 0.3 is 6.03 Å². The molecule has 2 N–H and O–H groups in total. The number of carbonyl (C=O) groups excluding carboxylic acids is 1. The Bertz CT molecular complexity index is 468. The van der Waals surface area contributed by atoms with Crippen molar-refractivity contribution in [3.8, 4) is 5.75 Å². The Morgan fingerprint density at radius 2 is 2.05 bits per heavy atom. The van der Waals surface area contributed by atoms with Crippen LogP contribution < -0.4 is 15.4 Å². The van der Waals surface area contributed by atoms with Gasteiger partial charge in [-0.1, -0.05) is 31.4 Å². The van der Waals surface area contributed by atoms with Crippen LogP contribution in [0.1, 0.15) is 43.2 Å². The molecule has 0 atom stereocenters. The first kappa shape index (κ1) is 15.7. The van der Waals surface area contributed by atoms with Crippen LogP contribution in [0.4, 0.5) is 4.79 Å². The maximum absolute atomic E-state index is 11.8. The lowest BCUT2D eigenvalue weighted by atomic mass is 9.96. The van der Waals surface area contributed by atoms with Gasteiger partial charge in [-0.05, 0) is 43.4 Å². The molecule has 0 heterocycles. The van der Waals surface area contributed by atoms with Gasteiger partial charge in [-0.25, -0.2) is 4.79 Å². The van der Waals surface area contributed by atoms with Crippen molar-refractivity contribution >= 4 is 6.03 Å². The van der Waals surface area contributed by atoms with Gasteiger partial charge < -0.3 is 15.4 Å². The van der Waals surface area contributed by atoms with Crippen LogP contribution in [-0.4, -0.2) is 25.7 Å². The maximum atomic E-state index is 11.8. The highest BCUT2D eigenvalue weighted by molar-refractivity contribution is 5.74. The molecule has 2 rings (SSSR count). The van der Waals surface area contributed by atoms with Gasteiger partial charge in [0.25, 0.3) is 0 Å². The van der Waals surface area contributed by atoms with Gasteiger partial charge in [-0.3, -0.25) is 0 Å². The summed E-state index contributed by atoms with van der Waals surface area (Å²) in [6, 6.07) is 6.47. The molecule has 2 amide bonds. The summed E-state index contributed by atoms with van der Waals surface area (Å²) >= 11 is 0. The molecule has 0 saturated heterocycles. The van der Waals surface area contributed by atoms with E-state index in [-0.39, 0.29) is 6.03 Å². The summed E-state index contributed by atoms with van der Waals surface area (Å²) in [4.78, 5) is 11.8. The fourth-order valence-electron chi connectivity index (χ4n) is 2.90. The van der Waals surface area contributed by atoms with E-state index in [1.165, 1.54) is 24.8 Å². The lowest BCUT2D eigenvalue weighted by Gasteiger charge is -2.22. The average Bonchev–Trinajstić information content (AvgIpc) is 2.48. The fraction of sp³-hybridized carbons (Fsp3) is 0.588. The second-order valence-electron chi connectivity index (χ2n) is 5.79. The molecule has 1 saturated carbocycles. The monoisotopic (exact) mass is 290 g/mol. The molecule has 0 aliphatic heterocycles. The Labute approximate surface area is 127 Å². The van der Waals surface area contributed by atoms with E-state index >= 15 is 0 Å². The van der Waals surface area contributed by atoms with Crippen LogP contribution in [0, 0.1) is 6.92 Å². The largest absolute Gasteiger partial charge is 0.496 e. The summed E-state index contributed by atoms with van der Waals surface area (Å²) in [5, 5.41) is 6.01. The standard InChI is InChI=1S/C17H26N2O2/c1-13-12-14(8-9-16(13)21-2)10-11-18-17(20)19-15-6-4-3-5-7-15/h8-9,12,15H,3-7,10-11H2,1-2H3,(H2,18,19,20). The zero-order valence-electron chi connectivity index (χ0n) is 13.1. The molecule has 4 nitrogen and oxygen atoms in total. The first-order valence-electron chi connectivity index (χ1n) is 7.87. The molecule has 1 aliphatic carbocycles. The summed E-state index contributed by atoms with van der Waals surface area (Å²) in [5.41, 5.74) is 2.34. The van der Waals surface area contributed by atoms with Crippen LogP contribution in [0.15, 0.2) is 18.2 Å². The molecule has 116 valence electrons. The van der Waals surface area contributed by atoms with Crippen molar-refractivity contribution in [1.82, 2.24) is 10.6 Å². The molecule has 0 aromatic heterocycles. The highest BCUT2D eigenvalue weighted by Gasteiger charge is 2.15. The number of ether oxygens (including phenoxy) is 1. The quantitative estimate of drug-likeness (QED) is 0.875. The van der Waals surface area contributed by atoms with Gasteiger partial charge in [0, 0.05) is 12.6 Å². The van der Waals surface area contributed by atoms with Gasteiger partial charge in [0.1, 0.15) is 5.75 Å². The number of hydrogen-bond acceptors (Lipinski definition) is 2. The van der Waals surface area contributed by atoms with Crippen LogP contribution >= 0.6 is 0 Å². The summed E-state index contributed by atoms with van der Waals surface area (Å²) in [6.07, 6.45) is 6.84. The van der Waals surface area contributed by atoms with Crippen molar-refractivity contribution in [1.29, 1.82) is 0 Å². The molecule has 4 heteroatoms. The van der Waals surface area contributed by atoms with Gasteiger partial charge in [0.2, 0.25) is 0 Å². The minimum atomic E-state index is -0.0351. The Morgan fingerprint density at radius 3 is 2.71 bits per heavy atom. The van der Waals surface area contributed by atoms with E-state index in [0.29, 0.717) is 12.6 Å². The second kappa shape index (κ2) is 7.91. The molecule has 1 aliphatic rings. The van der Waals surface area contributed by atoms with Crippen molar-refractivity contribution in [2.75, 3.05) is 13.7 Å². The topological polar surface area (TPSA) is 50.4 Å². The molecular weight excluding hydrogens is 264 g/mol. The number of benzene rings is 1. The number of aryl methyl sites for hydroxylation is 1. The molecule has 0 spiro atoms. The number of amides is 2. The Balaban J connectivity index is 1.70. The number of methoxy groups -OCH3 is 1. The molecule has 0 unspecified atom stereocenters. The van der Waals surface area contributed by atoms with Crippen LogP contribution in [-0.2, 0) is 6.42 Å². The lowest BCUT2D eigenvalue weighted by molar-refractivity contribution is 0.233. The minimum Gasteiger partial charge on any atom is -0.496 e. The van der Waals surface area contributed by atoms with Crippen LogP contribution in [0.3, 0.4) is 0 Å². The number of nitrogens with one attached hydrogen (secondary N) is 2. The van der Waals surface area contributed by atoms with E-state index in [0.717, 1.165) is 30.6 Å². The number of hydrogen-bond donors (Lipinski definition) is 2. The van der Waals surface area contributed by atoms with Crippen LogP contribution in [0.2, 0.25) is 0 Å². The minimum absolute atomic E-state index is 0.0351. The smallest absolute Gasteiger partial charge is 0.315 e. The zero-order chi connectivity index (χ0) is 15.1. The van der Waals surface area contributed by atoms with E-state index < -0.39 is 0 Å². The summed E-state index contributed by atoms with van der Waals surface area (Å²) < 4.78 is 5.25. The predicted molar refractivity (Wildman–Crippen MR) is 84.8 cm³/mol. The third-order valence-corrected chi connectivity index (χ3v) is 4.10. The molecule has 1 fully saturated rings. The van der Waals surface area contributed by atoms with Gasteiger partial charge in [-0.15, -0.1) is 0 Å². The normalized spacial score (nSPS) is 15.5. The first-order chi connectivity index (χ1) is 10.2. The summed E-state index contributed by atoms with van der Waals surface area (Å²) in [5.74, 6) is 0.904. The van der Waals surface area contributed by atoms with E-state index in [1.54, 1.807) is 7.11 Å². The van der Waals surface area contributed by atoms with Gasteiger partial charge in [-0.2, -0.15) is 0 Å². The average molecular weight is 290 g/mol. The van der Waals surface area contributed by atoms with Gasteiger partial charge in [0.15, 0.2) is 0 Å². The predicted octanol–water partition coefficient (Wildman–Crippen LogP) is 3.18. The van der Waals surface area contributed by atoms with Crippen molar-refractivity contribution in [3.63, 3.8) is 0 Å². The van der Waals surface area contributed by atoms with Crippen molar-refractivity contribution in [2.45, 2.75) is 51.5 Å². The van der Waals surface area contributed by atoms with Crippen molar-refractivity contribution in [2.24, 2.45) is 0 Å². The first-order valence-corrected chi connectivity index (χ1v) is 7.87. The Morgan fingerprint density at radius 1 is 1.29 bits per heavy atom. The second-order valence-corrected chi connectivity index (χ2v) is 5.79. The molecule has 1 aromatic rings. The molecule has 1 aromatic carbocycles. The van der Waals surface area contributed by atoms with Crippen molar-refractivity contribution in [3.05, 3.63) is 29.3 Å². The van der Waals surface area contributed by atoms with E-state index in [1.807, 2.05) is 19.1 Å². The van der Waals surface area contributed by atoms with E-state index in [4.69, 9.17) is 4.74 Å².